The fraction of sp³-hybridized carbons (Fsp3) is 0.111. The highest BCUT2D eigenvalue weighted by Gasteiger charge is 2.09. The summed E-state index contributed by atoms with van der Waals surface area (Å²) in [6.45, 7) is 0. The van der Waals surface area contributed by atoms with Gasteiger partial charge in [-0.1, -0.05) is 0 Å². The fourth-order valence-electron chi connectivity index (χ4n) is 1.02. The number of nitro groups is 1. The summed E-state index contributed by atoms with van der Waals surface area (Å²) in [5.41, 5.74) is 0.560. The second-order valence-electron chi connectivity index (χ2n) is 2.55. The minimum atomic E-state index is -0.572. The first-order valence-corrected chi connectivity index (χ1v) is 3.73. The van der Waals surface area contributed by atoms with Gasteiger partial charge in [-0.2, -0.15) is 10.5 Å². The molecule has 0 radical (unpaired) electrons. The molecule has 5 heteroatoms. The zero-order chi connectivity index (χ0) is 10.6. The molecule has 0 aromatic heterocycles. The first-order valence-electron chi connectivity index (χ1n) is 3.73. The van der Waals surface area contributed by atoms with E-state index in [1.807, 2.05) is 12.1 Å². The van der Waals surface area contributed by atoms with Crippen molar-refractivity contribution in [2.24, 2.45) is 0 Å². The first kappa shape index (κ1) is 9.69. The van der Waals surface area contributed by atoms with Crippen LogP contribution in [0.1, 0.15) is 11.1 Å². The van der Waals surface area contributed by atoms with Crippen molar-refractivity contribution in [2.75, 3.05) is 0 Å². The van der Waals surface area contributed by atoms with Crippen molar-refractivity contribution in [1.82, 2.24) is 0 Å². The lowest BCUT2D eigenvalue weighted by atomic mass is 10.1. The largest absolute Gasteiger partial charge is 0.270 e. The van der Waals surface area contributed by atoms with Gasteiger partial charge in [0.2, 0.25) is 0 Å². The van der Waals surface area contributed by atoms with Crippen molar-refractivity contribution in [3.05, 3.63) is 39.4 Å². The number of non-ortho nitro benzene ring substituents is 1. The maximum Gasteiger partial charge on any atom is 0.270 e. The minimum Gasteiger partial charge on any atom is -0.258 e. The first-order chi connectivity index (χ1) is 6.69. The predicted molar refractivity (Wildman–Crippen MR) is 47.1 cm³/mol. The van der Waals surface area contributed by atoms with Crippen molar-refractivity contribution in [2.45, 2.75) is 6.42 Å². The van der Waals surface area contributed by atoms with Crippen LogP contribution < -0.4 is 0 Å². The Kier molecular flexibility index (Phi) is 2.78. The molecule has 0 bridgehead atoms. The Labute approximate surface area is 80.0 Å². The highest BCUT2D eigenvalue weighted by Crippen LogP contribution is 2.17. The topological polar surface area (TPSA) is 90.7 Å². The molecule has 0 atom stereocenters. The SMILES string of the molecule is N#CCc1ccc([N+](=O)[O-])cc1C#N. The van der Waals surface area contributed by atoms with E-state index in [0.29, 0.717) is 5.56 Å². The highest BCUT2D eigenvalue weighted by atomic mass is 16.6. The Balaban J connectivity index is 3.21. The monoisotopic (exact) mass is 187 g/mol. The van der Waals surface area contributed by atoms with Gasteiger partial charge in [0.05, 0.1) is 29.0 Å². The molecular formula is C9H5N3O2. The van der Waals surface area contributed by atoms with Gasteiger partial charge in [0.25, 0.3) is 5.69 Å². The van der Waals surface area contributed by atoms with Gasteiger partial charge in [0.15, 0.2) is 0 Å². The zero-order valence-electron chi connectivity index (χ0n) is 7.10. The number of rotatable bonds is 2. The van der Waals surface area contributed by atoms with E-state index in [1.54, 1.807) is 0 Å². The number of hydrogen-bond donors (Lipinski definition) is 0. The Morgan fingerprint density at radius 1 is 1.43 bits per heavy atom. The van der Waals surface area contributed by atoms with Crippen molar-refractivity contribution in [3.63, 3.8) is 0 Å². The fourth-order valence-corrected chi connectivity index (χ4v) is 1.02. The highest BCUT2D eigenvalue weighted by molar-refractivity contribution is 5.47. The number of nitro benzene ring substituents is 1. The molecule has 0 heterocycles. The van der Waals surface area contributed by atoms with Crippen LogP contribution in [-0.4, -0.2) is 4.92 Å². The average Bonchev–Trinajstić information content (AvgIpc) is 2.18. The van der Waals surface area contributed by atoms with E-state index in [0.717, 1.165) is 0 Å². The predicted octanol–water partition coefficient (Wildman–Crippen LogP) is 1.53. The van der Waals surface area contributed by atoms with E-state index in [-0.39, 0.29) is 17.7 Å². The number of nitrogens with zero attached hydrogens (tertiary/aromatic N) is 3. The third kappa shape index (κ3) is 1.85. The van der Waals surface area contributed by atoms with Crippen molar-refractivity contribution >= 4 is 5.69 Å². The number of hydrogen-bond acceptors (Lipinski definition) is 4. The van der Waals surface area contributed by atoms with Crippen molar-refractivity contribution < 1.29 is 4.92 Å². The van der Waals surface area contributed by atoms with Gasteiger partial charge in [0, 0.05) is 12.1 Å². The molecule has 0 amide bonds. The van der Waals surface area contributed by atoms with Gasteiger partial charge in [-0.25, -0.2) is 0 Å². The van der Waals surface area contributed by atoms with E-state index in [2.05, 4.69) is 0 Å². The van der Waals surface area contributed by atoms with Crippen molar-refractivity contribution in [1.29, 1.82) is 10.5 Å². The normalized spacial score (nSPS) is 8.71. The molecule has 0 aliphatic carbocycles. The second kappa shape index (κ2) is 4.01. The molecule has 1 aromatic rings. The van der Waals surface area contributed by atoms with Crippen LogP contribution >= 0.6 is 0 Å². The van der Waals surface area contributed by atoms with Crippen LogP contribution in [0.5, 0.6) is 0 Å². The van der Waals surface area contributed by atoms with E-state index in [4.69, 9.17) is 10.5 Å². The molecule has 1 aromatic carbocycles. The molecule has 0 N–H and O–H groups in total. The molecule has 0 aliphatic rings. The lowest BCUT2D eigenvalue weighted by Gasteiger charge is -1.97. The minimum absolute atomic E-state index is 0.0842. The van der Waals surface area contributed by atoms with Gasteiger partial charge < -0.3 is 0 Å². The number of nitriles is 2. The van der Waals surface area contributed by atoms with Gasteiger partial charge in [-0.15, -0.1) is 0 Å². The van der Waals surface area contributed by atoms with Crippen LogP contribution in [0.3, 0.4) is 0 Å². The van der Waals surface area contributed by atoms with E-state index >= 15 is 0 Å². The third-order valence-corrected chi connectivity index (χ3v) is 1.69. The third-order valence-electron chi connectivity index (χ3n) is 1.69. The van der Waals surface area contributed by atoms with E-state index in [1.165, 1.54) is 18.2 Å². The maximum absolute atomic E-state index is 10.4. The summed E-state index contributed by atoms with van der Waals surface area (Å²) in [6.07, 6.45) is 0.0842. The summed E-state index contributed by atoms with van der Waals surface area (Å²) in [4.78, 5) is 9.80. The standard InChI is InChI=1S/C9H5N3O2/c10-4-3-7-1-2-9(12(13)14)5-8(7)6-11/h1-2,5H,3H2. The summed E-state index contributed by atoms with van der Waals surface area (Å²) in [5, 5.41) is 27.5. The van der Waals surface area contributed by atoms with Gasteiger partial charge in [-0.05, 0) is 11.6 Å². The molecule has 1 rings (SSSR count). The second-order valence-corrected chi connectivity index (χ2v) is 2.55. The van der Waals surface area contributed by atoms with Gasteiger partial charge in [0.1, 0.15) is 0 Å². The van der Waals surface area contributed by atoms with Crippen LogP contribution in [0.2, 0.25) is 0 Å². The van der Waals surface area contributed by atoms with Gasteiger partial charge in [-0.3, -0.25) is 10.1 Å². The maximum atomic E-state index is 10.4. The molecule has 0 aliphatic heterocycles. The summed E-state index contributed by atoms with van der Waals surface area (Å²) in [7, 11) is 0. The van der Waals surface area contributed by atoms with Crippen LogP contribution in [-0.2, 0) is 6.42 Å². The van der Waals surface area contributed by atoms with Crippen LogP contribution in [0.15, 0.2) is 18.2 Å². The lowest BCUT2D eigenvalue weighted by molar-refractivity contribution is -0.384. The summed E-state index contributed by atoms with van der Waals surface area (Å²) < 4.78 is 0. The van der Waals surface area contributed by atoms with E-state index < -0.39 is 4.92 Å². The molecule has 0 saturated carbocycles. The molecule has 5 nitrogen and oxygen atoms in total. The Bertz CT molecular complexity index is 454. The smallest absolute Gasteiger partial charge is 0.258 e. The molecule has 0 saturated heterocycles. The summed E-state index contributed by atoms with van der Waals surface area (Å²) in [6, 6.07) is 7.60. The molecule has 0 spiro atoms. The van der Waals surface area contributed by atoms with Crippen molar-refractivity contribution in [3.8, 4) is 12.1 Å². The van der Waals surface area contributed by atoms with Gasteiger partial charge >= 0.3 is 0 Å². The van der Waals surface area contributed by atoms with Crippen LogP contribution in [0, 0.1) is 32.8 Å². The number of benzene rings is 1. The quantitative estimate of drug-likeness (QED) is 0.518. The average molecular weight is 187 g/mol. The molecular weight excluding hydrogens is 182 g/mol. The summed E-state index contributed by atoms with van der Waals surface area (Å²) >= 11 is 0. The zero-order valence-corrected chi connectivity index (χ0v) is 7.10. The molecule has 14 heavy (non-hydrogen) atoms. The summed E-state index contributed by atoms with van der Waals surface area (Å²) in [5.74, 6) is 0. The molecule has 68 valence electrons. The molecule has 0 fully saturated rings. The van der Waals surface area contributed by atoms with Crippen LogP contribution in [0.4, 0.5) is 5.69 Å². The Morgan fingerprint density at radius 3 is 2.64 bits per heavy atom. The van der Waals surface area contributed by atoms with Crippen LogP contribution in [0.25, 0.3) is 0 Å². The Hall–Kier alpha value is -2.40. The molecule has 0 unspecified atom stereocenters. The van der Waals surface area contributed by atoms with E-state index in [9.17, 15) is 10.1 Å². The lowest BCUT2D eigenvalue weighted by Crippen LogP contribution is -1.93. The Morgan fingerprint density at radius 2 is 2.14 bits per heavy atom.